The Labute approximate surface area is 114 Å². The van der Waals surface area contributed by atoms with Crippen molar-refractivity contribution in [3.05, 3.63) is 35.0 Å². The predicted molar refractivity (Wildman–Crippen MR) is 77.4 cm³/mol. The molecule has 0 radical (unpaired) electrons. The van der Waals surface area contributed by atoms with E-state index in [4.69, 9.17) is 4.74 Å². The maximum Gasteiger partial charge on any atom is 0.313 e. The maximum absolute atomic E-state index is 12.0. The first-order valence-electron chi connectivity index (χ1n) is 6.62. The number of hydrogen-bond acceptors (Lipinski definition) is 2. The zero-order valence-electron chi connectivity index (χ0n) is 12.2. The molecule has 0 amide bonds. The molecule has 1 heterocycles. The van der Waals surface area contributed by atoms with Gasteiger partial charge < -0.3 is 9.72 Å². The van der Waals surface area contributed by atoms with E-state index >= 15 is 0 Å². The Balaban J connectivity index is 2.54. The van der Waals surface area contributed by atoms with Gasteiger partial charge in [0.15, 0.2) is 0 Å². The van der Waals surface area contributed by atoms with E-state index in [1.54, 1.807) is 0 Å². The van der Waals surface area contributed by atoms with Gasteiger partial charge in [-0.3, -0.25) is 4.79 Å². The first kappa shape index (κ1) is 13.7. The Morgan fingerprint density at radius 1 is 1.26 bits per heavy atom. The SMILES string of the molecule is COC(=O)C(c1ccc2[nH]c(C)c(C)c2c1)C(C)C. The molecule has 0 fully saturated rings. The summed E-state index contributed by atoms with van der Waals surface area (Å²) in [7, 11) is 1.45. The van der Waals surface area contributed by atoms with E-state index in [9.17, 15) is 4.79 Å². The molecule has 3 heteroatoms. The lowest BCUT2D eigenvalue weighted by Gasteiger charge is -2.18. The van der Waals surface area contributed by atoms with Crippen molar-refractivity contribution in [3.8, 4) is 0 Å². The van der Waals surface area contributed by atoms with E-state index in [1.165, 1.54) is 23.8 Å². The van der Waals surface area contributed by atoms with Crippen molar-refractivity contribution >= 4 is 16.9 Å². The van der Waals surface area contributed by atoms with Crippen molar-refractivity contribution in [2.24, 2.45) is 5.92 Å². The number of ether oxygens (including phenoxy) is 1. The number of methoxy groups -OCH3 is 1. The second kappa shape index (κ2) is 5.08. The lowest BCUT2D eigenvalue weighted by molar-refractivity contribution is -0.143. The number of carbonyl (C=O) groups is 1. The van der Waals surface area contributed by atoms with Crippen LogP contribution < -0.4 is 0 Å². The number of H-pyrrole nitrogens is 1. The van der Waals surface area contributed by atoms with Gasteiger partial charge in [0.1, 0.15) is 0 Å². The van der Waals surface area contributed by atoms with Gasteiger partial charge in [-0.1, -0.05) is 19.9 Å². The van der Waals surface area contributed by atoms with E-state index in [2.05, 4.69) is 24.9 Å². The highest BCUT2D eigenvalue weighted by Gasteiger charge is 2.25. The number of rotatable bonds is 3. The fraction of sp³-hybridized carbons (Fsp3) is 0.438. The average Bonchev–Trinajstić information content (AvgIpc) is 2.65. The van der Waals surface area contributed by atoms with E-state index < -0.39 is 0 Å². The smallest absolute Gasteiger partial charge is 0.313 e. The van der Waals surface area contributed by atoms with E-state index in [-0.39, 0.29) is 17.8 Å². The Morgan fingerprint density at radius 3 is 2.53 bits per heavy atom. The van der Waals surface area contributed by atoms with Gasteiger partial charge in [-0.25, -0.2) is 0 Å². The first-order valence-corrected chi connectivity index (χ1v) is 6.62. The summed E-state index contributed by atoms with van der Waals surface area (Å²) in [6, 6.07) is 6.16. The summed E-state index contributed by atoms with van der Waals surface area (Å²) in [5.74, 6) is -0.159. The zero-order chi connectivity index (χ0) is 14.2. The number of nitrogens with one attached hydrogen (secondary N) is 1. The molecule has 0 aliphatic carbocycles. The summed E-state index contributed by atoms with van der Waals surface area (Å²) in [6.07, 6.45) is 0. The largest absolute Gasteiger partial charge is 0.469 e. The second-order valence-corrected chi connectivity index (χ2v) is 5.42. The minimum atomic E-state index is -0.205. The van der Waals surface area contributed by atoms with Crippen LogP contribution in [0.5, 0.6) is 0 Å². The number of aromatic amines is 1. The molecular formula is C16H21NO2. The standard InChI is InChI=1S/C16H21NO2/c1-9(2)15(16(18)19-5)12-6-7-14-13(8-12)10(3)11(4)17-14/h6-9,15,17H,1-5H3. The van der Waals surface area contributed by atoms with Gasteiger partial charge in [0, 0.05) is 16.6 Å². The lowest BCUT2D eigenvalue weighted by Crippen LogP contribution is -2.19. The number of benzene rings is 1. The Kier molecular flexibility index (Phi) is 3.65. The van der Waals surface area contributed by atoms with Crippen LogP contribution >= 0.6 is 0 Å². The Morgan fingerprint density at radius 2 is 1.95 bits per heavy atom. The van der Waals surface area contributed by atoms with Crippen molar-refractivity contribution in [2.75, 3.05) is 7.11 Å². The molecule has 1 aromatic carbocycles. The molecule has 0 bridgehead atoms. The molecule has 1 atom stereocenters. The minimum Gasteiger partial charge on any atom is -0.469 e. The van der Waals surface area contributed by atoms with Gasteiger partial charge in [0.25, 0.3) is 0 Å². The van der Waals surface area contributed by atoms with Crippen LogP contribution in [0, 0.1) is 19.8 Å². The number of aromatic nitrogens is 1. The molecule has 102 valence electrons. The predicted octanol–water partition coefficient (Wildman–Crippen LogP) is 3.70. The first-order chi connectivity index (χ1) is 8.95. The normalized spacial score (nSPS) is 12.9. The molecule has 19 heavy (non-hydrogen) atoms. The highest BCUT2D eigenvalue weighted by molar-refractivity contribution is 5.87. The summed E-state index contributed by atoms with van der Waals surface area (Å²) in [6.45, 7) is 8.25. The number of fused-ring (bicyclic) bond motifs is 1. The molecule has 1 N–H and O–H groups in total. The molecule has 0 aliphatic rings. The van der Waals surface area contributed by atoms with Crippen LogP contribution in [-0.4, -0.2) is 18.1 Å². The summed E-state index contributed by atoms with van der Waals surface area (Å²) in [4.78, 5) is 15.3. The molecule has 2 rings (SSSR count). The van der Waals surface area contributed by atoms with Crippen molar-refractivity contribution in [1.82, 2.24) is 4.98 Å². The van der Waals surface area contributed by atoms with Gasteiger partial charge in [0.2, 0.25) is 0 Å². The minimum absolute atomic E-state index is 0.167. The third-order valence-electron chi connectivity index (χ3n) is 3.81. The molecule has 2 aromatic rings. The average molecular weight is 259 g/mol. The molecule has 0 spiro atoms. The van der Waals surface area contributed by atoms with Crippen LogP contribution in [-0.2, 0) is 9.53 Å². The van der Waals surface area contributed by atoms with Crippen molar-refractivity contribution in [1.29, 1.82) is 0 Å². The third-order valence-corrected chi connectivity index (χ3v) is 3.81. The van der Waals surface area contributed by atoms with Crippen molar-refractivity contribution in [2.45, 2.75) is 33.6 Å². The molecular weight excluding hydrogens is 238 g/mol. The zero-order valence-corrected chi connectivity index (χ0v) is 12.2. The molecule has 1 unspecified atom stereocenters. The fourth-order valence-electron chi connectivity index (χ4n) is 2.59. The van der Waals surface area contributed by atoms with Crippen LogP contribution in [0.1, 0.15) is 36.6 Å². The second-order valence-electron chi connectivity index (χ2n) is 5.42. The number of aryl methyl sites for hydroxylation is 2. The van der Waals surface area contributed by atoms with Crippen LogP contribution in [0.3, 0.4) is 0 Å². The number of carbonyl (C=O) groups excluding carboxylic acids is 1. The topological polar surface area (TPSA) is 42.1 Å². The van der Waals surface area contributed by atoms with E-state index in [0.29, 0.717) is 0 Å². The molecule has 0 saturated carbocycles. The van der Waals surface area contributed by atoms with Gasteiger partial charge in [-0.2, -0.15) is 0 Å². The molecule has 0 aliphatic heterocycles. The van der Waals surface area contributed by atoms with Gasteiger partial charge in [-0.15, -0.1) is 0 Å². The van der Waals surface area contributed by atoms with Crippen LogP contribution in [0.4, 0.5) is 0 Å². The highest BCUT2D eigenvalue weighted by Crippen LogP contribution is 2.30. The van der Waals surface area contributed by atoms with Crippen molar-refractivity contribution in [3.63, 3.8) is 0 Å². The summed E-state index contributed by atoms with van der Waals surface area (Å²) < 4.78 is 4.93. The van der Waals surface area contributed by atoms with E-state index in [1.807, 2.05) is 26.0 Å². The highest BCUT2D eigenvalue weighted by atomic mass is 16.5. The van der Waals surface area contributed by atoms with Gasteiger partial charge in [-0.05, 0) is 43.0 Å². The van der Waals surface area contributed by atoms with Crippen molar-refractivity contribution < 1.29 is 9.53 Å². The fourth-order valence-corrected chi connectivity index (χ4v) is 2.59. The number of hydrogen-bond donors (Lipinski definition) is 1. The van der Waals surface area contributed by atoms with Gasteiger partial charge in [0.05, 0.1) is 13.0 Å². The summed E-state index contributed by atoms with van der Waals surface area (Å²) in [5.41, 5.74) is 4.55. The third kappa shape index (κ3) is 2.37. The Bertz CT molecular complexity index is 610. The lowest BCUT2D eigenvalue weighted by atomic mass is 9.87. The van der Waals surface area contributed by atoms with Crippen LogP contribution in [0.2, 0.25) is 0 Å². The maximum atomic E-state index is 12.0. The van der Waals surface area contributed by atoms with Crippen LogP contribution in [0.15, 0.2) is 18.2 Å². The number of esters is 1. The van der Waals surface area contributed by atoms with Crippen LogP contribution in [0.25, 0.3) is 10.9 Å². The Hall–Kier alpha value is -1.77. The van der Waals surface area contributed by atoms with Gasteiger partial charge >= 0.3 is 5.97 Å². The molecule has 0 saturated heterocycles. The molecule has 3 nitrogen and oxygen atoms in total. The monoisotopic (exact) mass is 259 g/mol. The van der Waals surface area contributed by atoms with E-state index in [0.717, 1.165) is 11.1 Å². The molecule has 1 aromatic heterocycles. The summed E-state index contributed by atoms with van der Waals surface area (Å²) >= 11 is 0. The quantitative estimate of drug-likeness (QED) is 0.854. The summed E-state index contributed by atoms with van der Waals surface area (Å²) in [5, 5.41) is 1.18.